The van der Waals surface area contributed by atoms with Gasteiger partial charge in [-0.1, -0.05) is 45.2 Å². The quantitative estimate of drug-likeness (QED) is 0.673. The van der Waals surface area contributed by atoms with E-state index in [0.717, 1.165) is 20.2 Å². The summed E-state index contributed by atoms with van der Waals surface area (Å²) in [7, 11) is 0. The average Bonchev–Trinajstić information content (AvgIpc) is 2.32. The van der Waals surface area contributed by atoms with Crippen LogP contribution in [-0.2, 0) is 6.54 Å². The molecule has 0 atom stereocenters. The van der Waals surface area contributed by atoms with E-state index in [9.17, 15) is 0 Å². The van der Waals surface area contributed by atoms with Gasteiger partial charge in [-0.25, -0.2) is 4.98 Å². The number of aromatic nitrogens is 1. The molecule has 18 heavy (non-hydrogen) atoms. The Balaban J connectivity index is 2.13. The first-order valence-electron chi connectivity index (χ1n) is 5.05. The second-order valence-corrected chi connectivity index (χ2v) is 6.15. The topological polar surface area (TPSA) is 24.9 Å². The van der Waals surface area contributed by atoms with Gasteiger partial charge in [-0.2, -0.15) is 0 Å². The van der Waals surface area contributed by atoms with E-state index in [4.69, 9.17) is 23.2 Å². The summed E-state index contributed by atoms with van der Waals surface area (Å²) in [5, 5.41) is 4.38. The van der Waals surface area contributed by atoms with Crippen LogP contribution >= 0.6 is 55.1 Å². The lowest BCUT2D eigenvalue weighted by molar-refractivity contribution is 1.12. The highest BCUT2D eigenvalue weighted by Crippen LogP contribution is 2.26. The summed E-state index contributed by atoms with van der Waals surface area (Å²) in [6.07, 6.45) is 1.66. The van der Waals surface area contributed by atoms with Crippen molar-refractivity contribution < 1.29 is 0 Å². The Morgan fingerprint density at radius 2 is 1.94 bits per heavy atom. The van der Waals surface area contributed by atoms with Gasteiger partial charge in [0.05, 0.1) is 5.69 Å². The zero-order valence-corrected chi connectivity index (χ0v) is 13.7. The number of halogens is 4. The molecule has 0 aliphatic carbocycles. The number of pyridine rings is 1. The fourth-order valence-electron chi connectivity index (χ4n) is 1.40. The Morgan fingerprint density at radius 1 is 1.17 bits per heavy atom. The van der Waals surface area contributed by atoms with Crippen molar-refractivity contribution in [3.63, 3.8) is 0 Å². The molecule has 0 fully saturated rings. The molecule has 1 aromatic heterocycles. The smallest absolute Gasteiger partial charge is 0.152 e. The number of hydrogen-bond acceptors (Lipinski definition) is 2. The summed E-state index contributed by atoms with van der Waals surface area (Å²) in [6.45, 7) is 0.635. The van der Waals surface area contributed by atoms with Gasteiger partial charge in [0.25, 0.3) is 0 Å². The highest BCUT2D eigenvalue weighted by molar-refractivity contribution is 9.10. The zero-order chi connectivity index (χ0) is 13.1. The Morgan fingerprint density at radius 3 is 2.67 bits per heavy atom. The maximum atomic E-state index is 6.00. The number of nitrogens with zero attached hydrogens (tertiary/aromatic N) is 1. The van der Waals surface area contributed by atoms with Crippen molar-refractivity contribution in [1.82, 2.24) is 4.98 Å². The van der Waals surface area contributed by atoms with E-state index in [1.54, 1.807) is 6.20 Å². The normalized spacial score (nSPS) is 10.4. The molecular formula is C12H8Br2Cl2N2. The van der Waals surface area contributed by atoms with E-state index in [1.165, 1.54) is 0 Å². The van der Waals surface area contributed by atoms with Crippen LogP contribution in [0.2, 0.25) is 10.2 Å². The van der Waals surface area contributed by atoms with E-state index < -0.39 is 0 Å². The molecule has 6 heteroatoms. The predicted octanol–water partition coefficient (Wildman–Crippen LogP) is 5.53. The number of nitrogens with one attached hydrogen (secondary N) is 1. The molecule has 0 saturated carbocycles. The first-order valence-corrected chi connectivity index (χ1v) is 7.39. The fourth-order valence-corrected chi connectivity index (χ4v) is 2.73. The third-order valence-corrected chi connectivity index (χ3v) is 4.00. The molecule has 0 bridgehead atoms. The standard InChI is InChI=1S/C12H8Br2Cl2N2/c13-8-3-11(12(16)18-6-8)17-5-7-1-2-9(15)4-10(7)14/h1-4,6,17H,5H2. The van der Waals surface area contributed by atoms with Gasteiger partial charge < -0.3 is 5.32 Å². The molecule has 0 amide bonds. The van der Waals surface area contributed by atoms with Crippen molar-refractivity contribution in [3.05, 3.63) is 55.1 Å². The SMILES string of the molecule is Clc1ccc(CNc2cc(Br)cnc2Cl)c(Br)c1. The van der Waals surface area contributed by atoms with E-state index in [1.807, 2.05) is 24.3 Å². The van der Waals surface area contributed by atoms with Crippen LogP contribution in [0.5, 0.6) is 0 Å². The van der Waals surface area contributed by atoms with Crippen molar-refractivity contribution >= 4 is 60.7 Å². The number of anilines is 1. The lowest BCUT2D eigenvalue weighted by atomic mass is 10.2. The Kier molecular flexibility index (Phi) is 4.90. The van der Waals surface area contributed by atoms with Crippen LogP contribution in [0.25, 0.3) is 0 Å². The molecule has 1 heterocycles. The first-order chi connectivity index (χ1) is 8.56. The molecule has 0 saturated heterocycles. The largest absolute Gasteiger partial charge is 0.378 e. The molecule has 0 unspecified atom stereocenters. The van der Waals surface area contributed by atoms with Gasteiger partial charge >= 0.3 is 0 Å². The van der Waals surface area contributed by atoms with Gasteiger partial charge in [-0.3, -0.25) is 0 Å². The summed E-state index contributed by atoms with van der Waals surface area (Å²) in [6, 6.07) is 7.56. The molecule has 2 nitrogen and oxygen atoms in total. The van der Waals surface area contributed by atoms with Crippen LogP contribution in [0.4, 0.5) is 5.69 Å². The van der Waals surface area contributed by atoms with Gasteiger partial charge in [-0.05, 0) is 39.7 Å². The second-order valence-electron chi connectivity index (χ2n) is 3.58. The molecule has 1 N–H and O–H groups in total. The fraction of sp³-hybridized carbons (Fsp3) is 0.0833. The van der Waals surface area contributed by atoms with Crippen LogP contribution in [-0.4, -0.2) is 4.98 Å². The maximum Gasteiger partial charge on any atom is 0.152 e. The Hall–Kier alpha value is -0.290. The molecule has 2 aromatic rings. The highest BCUT2D eigenvalue weighted by Gasteiger charge is 2.04. The molecule has 1 aromatic carbocycles. The van der Waals surface area contributed by atoms with E-state index in [-0.39, 0.29) is 0 Å². The highest BCUT2D eigenvalue weighted by atomic mass is 79.9. The van der Waals surface area contributed by atoms with Crippen molar-refractivity contribution in [1.29, 1.82) is 0 Å². The van der Waals surface area contributed by atoms with Gasteiger partial charge in [0, 0.05) is 26.7 Å². The van der Waals surface area contributed by atoms with Crippen molar-refractivity contribution in [2.45, 2.75) is 6.54 Å². The Labute approximate surface area is 132 Å². The molecule has 94 valence electrons. The number of benzene rings is 1. The summed E-state index contributed by atoms with van der Waals surface area (Å²) < 4.78 is 1.84. The van der Waals surface area contributed by atoms with E-state index in [0.29, 0.717) is 16.7 Å². The van der Waals surface area contributed by atoms with Crippen molar-refractivity contribution in [2.24, 2.45) is 0 Å². The van der Waals surface area contributed by atoms with Crippen molar-refractivity contribution in [2.75, 3.05) is 5.32 Å². The van der Waals surface area contributed by atoms with Crippen LogP contribution < -0.4 is 5.32 Å². The number of rotatable bonds is 3. The van der Waals surface area contributed by atoms with E-state index in [2.05, 4.69) is 42.2 Å². The Bertz CT molecular complexity index is 576. The molecule has 0 aliphatic heterocycles. The summed E-state index contributed by atoms with van der Waals surface area (Å²) in [5.41, 5.74) is 1.88. The lowest BCUT2D eigenvalue weighted by Gasteiger charge is -2.10. The summed E-state index contributed by atoms with van der Waals surface area (Å²) in [4.78, 5) is 4.05. The second kappa shape index (κ2) is 6.24. The molecule has 0 aliphatic rings. The third kappa shape index (κ3) is 3.60. The molecule has 0 radical (unpaired) electrons. The zero-order valence-electron chi connectivity index (χ0n) is 9.05. The van der Waals surface area contributed by atoms with Crippen LogP contribution in [0.1, 0.15) is 5.56 Å². The van der Waals surface area contributed by atoms with Crippen LogP contribution in [0.3, 0.4) is 0 Å². The summed E-state index contributed by atoms with van der Waals surface area (Å²) >= 11 is 18.7. The minimum absolute atomic E-state index is 0.447. The van der Waals surface area contributed by atoms with Gasteiger partial charge in [0.1, 0.15) is 0 Å². The molecular weight excluding hydrogens is 403 g/mol. The van der Waals surface area contributed by atoms with Crippen molar-refractivity contribution in [3.8, 4) is 0 Å². The first kappa shape index (κ1) is 14.1. The van der Waals surface area contributed by atoms with Gasteiger partial charge in [0.15, 0.2) is 5.15 Å². The average molecular weight is 411 g/mol. The minimum atomic E-state index is 0.447. The maximum absolute atomic E-state index is 6.00. The minimum Gasteiger partial charge on any atom is -0.378 e. The molecule has 2 rings (SSSR count). The predicted molar refractivity (Wildman–Crippen MR) is 83.4 cm³/mol. The number of hydrogen-bond donors (Lipinski definition) is 1. The molecule has 0 spiro atoms. The van der Waals surface area contributed by atoms with Crippen LogP contribution in [0.15, 0.2) is 39.4 Å². The van der Waals surface area contributed by atoms with Gasteiger partial charge in [-0.15, -0.1) is 0 Å². The van der Waals surface area contributed by atoms with Crippen LogP contribution in [0, 0.1) is 0 Å². The summed E-state index contributed by atoms with van der Waals surface area (Å²) in [5.74, 6) is 0. The monoisotopic (exact) mass is 408 g/mol. The van der Waals surface area contributed by atoms with E-state index >= 15 is 0 Å². The third-order valence-electron chi connectivity index (χ3n) is 2.29. The lowest BCUT2D eigenvalue weighted by Crippen LogP contribution is -2.01. The van der Waals surface area contributed by atoms with Gasteiger partial charge in [0.2, 0.25) is 0 Å².